The number of carbonyl (C=O) groups excluding carboxylic acids is 6. The summed E-state index contributed by atoms with van der Waals surface area (Å²) in [4.78, 5) is 87.0. The van der Waals surface area contributed by atoms with Crippen LogP contribution in [0.3, 0.4) is 0 Å². The third-order valence-electron chi connectivity index (χ3n) is 10.3. The maximum Gasteiger partial charge on any atom is 0.326 e. The zero-order valence-electron chi connectivity index (χ0n) is 34.6. The van der Waals surface area contributed by atoms with E-state index < -0.39 is 66.1 Å². The van der Waals surface area contributed by atoms with Crippen LogP contribution in [0, 0.1) is 5.92 Å². The number of carbonyl (C=O) groups is 7. The molecule has 1 unspecified atom stereocenters. The number of nitrogens with one attached hydrogen (secondary N) is 4. The predicted octanol–water partition coefficient (Wildman–Crippen LogP) is 5.13. The average Bonchev–Trinajstić information content (AvgIpc) is 3.19. The molecule has 9 N–H and O–H groups in total. The summed E-state index contributed by atoms with van der Waals surface area (Å²) < 4.78 is 0.902. The second kappa shape index (κ2) is 28.6. The van der Waals surface area contributed by atoms with Gasteiger partial charge in [-0.3, -0.25) is 28.8 Å². The van der Waals surface area contributed by atoms with Crippen molar-refractivity contribution in [1.29, 1.82) is 0 Å². The summed E-state index contributed by atoms with van der Waals surface area (Å²) in [5, 5.41) is 20.2. The van der Waals surface area contributed by atoms with Crippen molar-refractivity contribution in [3.8, 4) is 0 Å². The first kappa shape index (κ1) is 50.4. The van der Waals surface area contributed by atoms with Gasteiger partial charge in [-0.05, 0) is 42.0 Å². The number of hydrogen-bond donors (Lipinski definition) is 7. The second-order valence-electron chi connectivity index (χ2n) is 15.3. The number of benzene rings is 2. The molecule has 0 saturated heterocycles. The van der Waals surface area contributed by atoms with E-state index in [1.165, 1.54) is 0 Å². The van der Waals surface area contributed by atoms with E-state index in [1.54, 1.807) is 30.3 Å². The number of carboxylic acid groups (broad SMARTS) is 1. The predicted molar refractivity (Wildman–Crippen MR) is 230 cm³/mol. The first-order valence-corrected chi connectivity index (χ1v) is 21.8. The molecule has 0 aliphatic heterocycles. The van der Waals surface area contributed by atoms with Crippen LogP contribution in [0.2, 0.25) is 0 Å². The maximum absolute atomic E-state index is 13.2. The molecule has 0 radical (unpaired) electrons. The fraction of sp³-hybridized carbons (Fsp3) is 0.568. The minimum absolute atomic E-state index is 0.0460. The highest BCUT2D eigenvalue weighted by molar-refractivity contribution is 9.10. The number of rotatable bonds is 31. The van der Waals surface area contributed by atoms with Gasteiger partial charge in [0.25, 0.3) is 0 Å². The zero-order valence-corrected chi connectivity index (χ0v) is 36.2. The third-order valence-corrected chi connectivity index (χ3v) is 10.9. The molecule has 0 aliphatic carbocycles. The van der Waals surface area contributed by atoms with Gasteiger partial charge in [0.2, 0.25) is 35.4 Å². The number of halogens is 1. The van der Waals surface area contributed by atoms with Crippen LogP contribution in [-0.2, 0) is 46.4 Å². The lowest BCUT2D eigenvalue weighted by Gasteiger charge is -2.26. The number of carboxylic acids is 1. The van der Waals surface area contributed by atoms with Crippen LogP contribution in [0.4, 0.5) is 0 Å². The highest BCUT2D eigenvalue weighted by Crippen LogP contribution is 2.16. The van der Waals surface area contributed by atoms with Crippen molar-refractivity contribution in [3.63, 3.8) is 0 Å². The molecular weight excluding hydrogens is 820 g/mol. The van der Waals surface area contributed by atoms with Gasteiger partial charge in [0.15, 0.2) is 0 Å². The summed E-state index contributed by atoms with van der Waals surface area (Å²) in [5.41, 5.74) is 12.5. The molecule has 14 nitrogen and oxygen atoms in total. The van der Waals surface area contributed by atoms with E-state index in [2.05, 4.69) is 37.2 Å². The SMILES string of the molecule is CCC(C)[C@H](NC(=O)CCCCCCCCCCCCCCC(=O)N[C@@H](CC(N)=O)C(=O)N[C@@H](Cc1ccccc1)C(=O)O)C(=O)N[C@@H](Cc1ccc(Br)cc1)C(N)=O. The van der Waals surface area contributed by atoms with Crippen molar-refractivity contribution in [2.45, 2.75) is 154 Å². The first-order valence-electron chi connectivity index (χ1n) is 21.0. The summed E-state index contributed by atoms with van der Waals surface area (Å²) in [6, 6.07) is 12.1. The number of aliphatic carboxylic acids is 1. The van der Waals surface area contributed by atoms with Crippen LogP contribution in [0.5, 0.6) is 0 Å². The molecule has 0 bridgehead atoms. The van der Waals surface area contributed by atoms with E-state index in [0.717, 1.165) is 80.7 Å². The number of unbranched alkanes of at least 4 members (excludes halogenated alkanes) is 11. The Kier molecular flexibility index (Phi) is 24.4. The summed E-state index contributed by atoms with van der Waals surface area (Å²) in [7, 11) is 0. The van der Waals surface area contributed by atoms with Crippen molar-refractivity contribution in [3.05, 3.63) is 70.2 Å². The molecule has 59 heavy (non-hydrogen) atoms. The Balaban J connectivity index is 1.57. The van der Waals surface area contributed by atoms with Crippen molar-refractivity contribution in [2.75, 3.05) is 0 Å². The van der Waals surface area contributed by atoms with E-state index in [-0.39, 0.29) is 31.1 Å². The van der Waals surface area contributed by atoms with E-state index in [4.69, 9.17) is 11.5 Å². The van der Waals surface area contributed by atoms with Crippen LogP contribution in [0.15, 0.2) is 59.1 Å². The Morgan fingerprint density at radius 3 is 1.53 bits per heavy atom. The van der Waals surface area contributed by atoms with Crippen LogP contribution in [0.25, 0.3) is 0 Å². The van der Waals surface area contributed by atoms with Gasteiger partial charge in [0.05, 0.1) is 6.42 Å². The molecule has 15 heteroatoms. The first-order chi connectivity index (χ1) is 28.2. The van der Waals surface area contributed by atoms with Gasteiger partial charge in [-0.15, -0.1) is 0 Å². The molecule has 0 fully saturated rings. The summed E-state index contributed by atoms with van der Waals surface area (Å²) >= 11 is 3.39. The number of hydrogen-bond acceptors (Lipinski definition) is 7. The molecule has 5 atom stereocenters. The minimum Gasteiger partial charge on any atom is -0.480 e. The van der Waals surface area contributed by atoms with Crippen molar-refractivity contribution >= 4 is 57.3 Å². The molecule has 2 aromatic rings. The van der Waals surface area contributed by atoms with E-state index in [1.807, 2.05) is 38.1 Å². The largest absolute Gasteiger partial charge is 0.480 e. The lowest BCUT2D eigenvalue weighted by Crippen LogP contribution is -2.55. The molecule has 2 rings (SSSR count). The highest BCUT2D eigenvalue weighted by atomic mass is 79.9. The monoisotopic (exact) mass is 884 g/mol. The average molecular weight is 886 g/mol. The topological polar surface area (TPSA) is 240 Å². The minimum atomic E-state index is -1.26. The number of nitrogens with two attached hydrogens (primary N) is 2. The fourth-order valence-electron chi connectivity index (χ4n) is 6.63. The van der Waals surface area contributed by atoms with Gasteiger partial charge in [-0.1, -0.05) is 143 Å². The lowest BCUT2D eigenvalue weighted by atomic mass is 9.97. The Labute approximate surface area is 357 Å². The van der Waals surface area contributed by atoms with E-state index >= 15 is 0 Å². The molecular formula is C44H65BrN6O8. The van der Waals surface area contributed by atoms with E-state index in [0.29, 0.717) is 24.8 Å². The highest BCUT2D eigenvalue weighted by Gasteiger charge is 2.30. The number of amides is 6. The van der Waals surface area contributed by atoms with Crippen LogP contribution >= 0.6 is 15.9 Å². The van der Waals surface area contributed by atoms with Crippen LogP contribution < -0.4 is 32.7 Å². The smallest absolute Gasteiger partial charge is 0.326 e. The Bertz CT molecular complexity index is 1630. The quantitative estimate of drug-likeness (QED) is 0.0500. The van der Waals surface area contributed by atoms with Crippen LogP contribution in [0.1, 0.15) is 128 Å². The van der Waals surface area contributed by atoms with Gasteiger partial charge in [-0.25, -0.2) is 4.79 Å². The van der Waals surface area contributed by atoms with Gasteiger partial charge in [-0.2, -0.15) is 0 Å². The van der Waals surface area contributed by atoms with Gasteiger partial charge in [0.1, 0.15) is 24.2 Å². The molecule has 0 spiro atoms. The molecule has 2 aromatic carbocycles. The van der Waals surface area contributed by atoms with Crippen LogP contribution in [-0.4, -0.2) is 70.7 Å². The maximum atomic E-state index is 13.2. The van der Waals surface area contributed by atoms with Crippen molar-refractivity contribution in [1.82, 2.24) is 21.3 Å². The Hall–Kier alpha value is -4.79. The van der Waals surface area contributed by atoms with E-state index in [9.17, 15) is 38.7 Å². The zero-order chi connectivity index (χ0) is 43.6. The summed E-state index contributed by atoms with van der Waals surface area (Å²) in [6.07, 6.45) is 12.7. The van der Waals surface area contributed by atoms with Gasteiger partial charge >= 0.3 is 5.97 Å². The van der Waals surface area contributed by atoms with Crippen molar-refractivity contribution in [2.24, 2.45) is 17.4 Å². The molecule has 0 aliphatic rings. The molecule has 0 saturated carbocycles. The molecule has 0 heterocycles. The third kappa shape index (κ3) is 21.7. The number of primary amides is 2. The molecule has 6 amide bonds. The molecule has 0 aromatic heterocycles. The van der Waals surface area contributed by atoms with Gasteiger partial charge < -0.3 is 37.8 Å². The Morgan fingerprint density at radius 2 is 1.05 bits per heavy atom. The fourth-order valence-corrected chi connectivity index (χ4v) is 6.89. The summed E-state index contributed by atoms with van der Waals surface area (Å²) in [5.74, 6) is -4.56. The van der Waals surface area contributed by atoms with Gasteiger partial charge in [0, 0.05) is 30.2 Å². The normalized spacial score (nSPS) is 13.5. The Morgan fingerprint density at radius 1 is 0.593 bits per heavy atom. The molecule has 326 valence electrons. The second-order valence-corrected chi connectivity index (χ2v) is 16.3. The van der Waals surface area contributed by atoms with Crippen molar-refractivity contribution < 1.29 is 38.7 Å². The summed E-state index contributed by atoms with van der Waals surface area (Å²) in [6.45, 7) is 3.84. The standard InChI is InChI=1S/C44H65BrN6O8/c1-3-30(2)40(43(57)49-34(41(47)55)27-32-23-25-33(45)26-24-32)51-39(54)22-18-13-11-9-7-5-4-6-8-10-12-17-21-38(53)48-35(29-37(46)52)42(56)50-36(44(58)59)28-31-19-15-14-16-20-31/h14-16,19-20,23-26,30,34-36,40H,3-13,17-18,21-22,27-29H2,1-2H3,(H2,46,52)(H2,47,55)(H,48,53)(H,49,57)(H,50,56)(H,51,54)(H,58,59)/t30?,34-,35-,36-,40-/m0/s1. The lowest BCUT2D eigenvalue weighted by molar-refractivity contribution is -0.142.